The topological polar surface area (TPSA) is 62.5 Å². The van der Waals surface area contributed by atoms with Gasteiger partial charge in [-0.1, -0.05) is 30.3 Å². The molecule has 6 nitrogen and oxygen atoms in total. The Morgan fingerprint density at radius 1 is 1.12 bits per heavy atom. The highest BCUT2D eigenvalue weighted by molar-refractivity contribution is 5.93. The first-order valence-electron chi connectivity index (χ1n) is 8.23. The summed E-state index contributed by atoms with van der Waals surface area (Å²) in [5.41, 5.74) is 2.20. The van der Waals surface area contributed by atoms with Crippen LogP contribution in [-0.4, -0.2) is 33.6 Å². The molecule has 2 aromatic heterocycles. The summed E-state index contributed by atoms with van der Waals surface area (Å²) < 4.78 is 1.80. The van der Waals surface area contributed by atoms with Crippen LogP contribution >= 0.6 is 0 Å². The van der Waals surface area contributed by atoms with E-state index in [1.54, 1.807) is 10.7 Å². The van der Waals surface area contributed by atoms with Crippen molar-refractivity contribution in [2.75, 3.05) is 18.0 Å². The van der Waals surface area contributed by atoms with Crippen molar-refractivity contribution in [2.24, 2.45) is 0 Å². The van der Waals surface area contributed by atoms with Crippen LogP contribution in [0.4, 0.5) is 5.82 Å². The van der Waals surface area contributed by atoms with E-state index in [1.165, 1.54) is 12.8 Å². The van der Waals surface area contributed by atoms with E-state index in [0.717, 1.165) is 24.5 Å². The Kier molecular flexibility index (Phi) is 3.86. The number of nitrogens with one attached hydrogen (secondary N) is 1. The van der Waals surface area contributed by atoms with Gasteiger partial charge in [0.1, 0.15) is 11.5 Å². The zero-order chi connectivity index (χ0) is 16.4. The fourth-order valence-electron chi connectivity index (χ4n) is 3.05. The molecule has 1 fully saturated rings. The summed E-state index contributed by atoms with van der Waals surface area (Å²) in [6.45, 7) is 2.47. The molecule has 1 amide bonds. The van der Waals surface area contributed by atoms with E-state index in [4.69, 9.17) is 0 Å². The normalized spacial score (nSPS) is 14.2. The molecular formula is C18H19N5O. The lowest BCUT2D eigenvalue weighted by Gasteiger charge is -2.19. The lowest BCUT2D eigenvalue weighted by atomic mass is 10.2. The van der Waals surface area contributed by atoms with Crippen LogP contribution in [0.1, 0.15) is 28.9 Å². The average Bonchev–Trinajstić information content (AvgIpc) is 3.31. The third-order valence-electron chi connectivity index (χ3n) is 4.30. The minimum Gasteiger partial charge on any atom is -0.356 e. The van der Waals surface area contributed by atoms with Crippen LogP contribution < -0.4 is 10.2 Å². The second kappa shape index (κ2) is 6.31. The zero-order valence-electron chi connectivity index (χ0n) is 13.4. The van der Waals surface area contributed by atoms with E-state index < -0.39 is 0 Å². The van der Waals surface area contributed by atoms with Gasteiger partial charge in [0.15, 0.2) is 5.65 Å². The van der Waals surface area contributed by atoms with Gasteiger partial charge in [-0.05, 0) is 18.4 Å². The highest BCUT2D eigenvalue weighted by atomic mass is 16.1. The van der Waals surface area contributed by atoms with Crippen LogP contribution in [-0.2, 0) is 6.54 Å². The molecule has 0 atom stereocenters. The standard InChI is InChI=1S/C18H19N5O/c24-18(19-13-14-6-2-1-3-7-14)15-12-17(22-10-4-5-11-22)23-16(21-15)8-9-20-23/h1-3,6-9,12H,4-5,10-11,13H2,(H,19,24). The fourth-order valence-corrected chi connectivity index (χ4v) is 3.05. The van der Waals surface area contributed by atoms with Gasteiger partial charge in [-0.3, -0.25) is 4.79 Å². The number of fused-ring (bicyclic) bond motifs is 1. The van der Waals surface area contributed by atoms with E-state index in [0.29, 0.717) is 17.9 Å². The molecule has 6 heteroatoms. The van der Waals surface area contributed by atoms with Crippen LogP contribution in [0.15, 0.2) is 48.7 Å². The minimum absolute atomic E-state index is 0.164. The Bertz CT molecular complexity index is 852. The molecule has 0 saturated carbocycles. The molecule has 1 aromatic carbocycles. The van der Waals surface area contributed by atoms with Crippen LogP contribution in [0.25, 0.3) is 5.65 Å². The number of anilines is 1. The predicted molar refractivity (Wildman–Crippen MR) is 92.0 cm³/mol. The largest absolute Gasteiger partial charge is 0.356 e. The monoisotopic (exact) mass is 321 g/mol. The van der Waals surface area contributed by atoms with Gasteiger partial charge < -0.3 is 10.2 Å². The number of carbonyl (C=O) groups is 1. The van der Waals surface area contributed by atoms with Crippen LogP contribution in [0.5, 0.6) is 0 Å². The van der Waals surface area contributed by atoms with E-state index in [2.05, 4.69) is 20.3 Å². The van der Waals surface area contributed by atoms with Crippen molar-refractivity contribution in [2.45, 2.75) is 19.4 Å². The fraction of sp³-hybridized carbons (Fsp3) is 0.278. The molecule has 4 rings (SSSR count). The molecule has 122 valence electrons. The van der Waals surface area contributed by atoms with Gasteiger partial charge in [-0.15, -0.1) is 0 Å². The number of hydrogen-bond donors (Lipinski definition) is 1. The molecule has 0 bridgehead atoms. The van der Waals surface area contributed by atoms with Crippen LogP contribution in [0, 0.1) is 0 Å². The van der Waals surface area contributed by atoms with Crippen LogP contribution in [0.2, 0.25) is 0 Å². The Balaban J connectivity index is 1.60. The van der Waals surface area contributed by atoms with Gasteiger partial charge in [0.2, 0.25) is 0 Å². The third kappa shape index (κ3) is 2.82. The maximum absolute atomic E-state index is 12.5. The van der Waals surface area contributed by atoms with Gasteiger partial charge in [-0.25, -0.2) is 4.98 Å². The first-order chi connectivity index (χ1) is 11.8. The average molecular weight is 321 g/mol. The maximum Gasteiger partial charge on any atom is 0.270 e. The Morgan fingerprint density at radius 2 is 1.92 bits per heavy atom. The van der Waals surface area contributed by atoms with Gasteiger partial charge in [0.05, 0.1) is 6.20 Å². The van der Waals surface area contributed by atoms with E-state index in [-0.39, 0.29) is 5.91 Å². The van der Waals surface area contributed by atoms with E-state index in [1.807, 2.05) is 42.5 Å². The van der Waals surface area contributed by atoms with Crippen LogP contribution in [0.3, 0.4) is 0 Å². The first-order valence-corrected chi connectivity index (χ1v) is 8.23. The third-order valence-corrected chi connectivity index (χ3v) is 4.30. The number of hydrogen-bond acceptors (Lipinski definition) is 4. The molecule has 0 aliphatic carbocycles. The summed E-state index contributed by atoms with van der Waals surface area (Å²) in [4.78, 5) is 19.2. The highest BCUT2D eigenvalue weighted by Gasteiger charge is 2.19. The van der Waals surface area contributed by atoms with Gasteiger partial charge in [0, 0.05) is 31.8 Å². The maximum atomic E-state index is 12.5. The number of aromatic nitrogens is 3. The predicted octanol–water partition coefficient (Wildman–Crippen LogP) is 2.26. The van der Waals surface area contributed by atoms with E-state index in [9.17, 15) is 4.79 Å². The molecule has 0 radical (unpaired) electrons. The van der Waals surface area contributed by atoms with Crippen molar-refractivity contribution in [1.29, 1.82) is 0 Å². The molecule has 1 N–H and O–H groups in total. The first kappa shape index (κ1) is 14.7. The molecule has 0 spiro atoms. The SMILES string of the molecule is O=C(NCc1ccccc1)c1cc(N2CCCC2)n2nccc2n1. The van der Waals surface area contributed by atoms with Crippen molar-refractivity contribution in [3.05, 3.63) is 59.9 Å². The molecule has 1 aliphatic heterocycles. The number of amides is 1. The van der Waals surface area contributed by atoms with Gasteiger partial charge in [0.25, 0.3) is 5.91 Å². The summed E-state index contributed by atoms with van der Waals surface area (Å²) >= 11 is 0. The number of rotatable bonds is 4. The Labute approximate surface area is 140 Å². The quantitative estimate of drug-likeness (QED) is 0.801. The summed E-state index contributed by atoms with van der Waals surface area (Å²) in [6, 6.07) is 13.5. The van der Waals surface area contributed by atoms with Crippen molar-refractivity contribution in [3.8, 4) is 0 Å². The Hall–Kier alpha value is -2.89. The molecule has 1 saturated heterocycles. The molecule has 3 aromatic rings. The number of nitrogens with zero attached hydrogens (tertiary/aromatic N) is 4. The second-order valence-corrected chi connectivity index (χ2v) is 5.96. The van der Waals surface area contributed by atoms with E-state index >= 15 is 0 Å². The Morgan fingerprint density at radius 3 is 2.71 bits per heavy atom. The zero-order valence-corrected chi connectivity index (χ0v) is 13.4. The lowest BCUT2D eigenvalue weighted by Crippen LogP contribution is -2.26. The molecule has 3 heterocycles. The molecule has 24 heavy (non-hydrogen) atoms. The van der Waals surface area contributed by atoms with Gasteiger partial charge >= 0.3 is 0 Å². The van der Waals surface area contributed by atoms with Crippen molar-refractivity contribution in [1.82, 2.24) is 19.9 Å². The summed E-state index contributed by atoms with van der Waals surface area (Å²) in [5, 5.41) is 7.28. The highest BCUT2D eigenvalue weighted by Crippen LogP contribution is 2.21. The molecule has 0 unspecified atom stereocenters. The van der Waals surface area contributed by atoms with Crippen molar-refractivity contribution >= 4 is 17.4 Å². The van der Waals surface area contributed by atoms with Crippen molar-refractivity contribution in [3.63, 3.8) is 0 Å². The number of carbonyl (C=O) groups excluding carboxylic acids is 1. The number of benzene rings is 1. The van der Waals surface area contributed by atoms with Gasteiger partial charge in [-0.2, -0.15) is 9.61 Å². The molecular weight excluding hydrogens is 302 g/mol. The lowest BCUT2D eigenvalue weighted by molar-refractivity contribution is 0.0946. The summed E-state index contributed by atoms with van der Waals surface area (Å²) in [5.74, 6) is 0.773. The molecule has 1 aliphatic rings. The summed E-state index contributed by atoms with van der Waals surface area (Å²) in [7, 11) is 0. The summed E-state index contributed by atoms with van der Waals surface area (Å²) in [6.07, 6.45) is 4.05. The second-order valence-electron chi connectivity index (χ2n) is 5.96. The van der Waals surface area contributed by atoms with Crippen molar-refractivity contribution < 1.29 is 4.79 Å². The smallest absolute Gasteiger partial charge is 0.270 e. The minimum atomic E-state index is -0.164.